The molecule has 0 radical (unpaired) electrons. The molecule has 0 bridgehead atoms. The highest BCUT2D eigenvalue weighted by Crippen LogP contribution is 2.42. The van der Waals surface area contributed by atoms with Crippen molar-refractivity contribution in [2.75, 3.05) is 16.0 Å². The lowest BCUT2D eigenvalue weighted by atomic mass is 9.88. The van der Waals surface area contributed by atoms with Gasteiger partial charge in [-0.3, -0.25) is 14.5 Å². The predicted molar refractivity (Wildman–Crippen MR) is 116 cm³/mol. The molecule has 1 atom stereocenters. The summed E-state index contributed by atoms with van der Waals surface area (Å²) in [5.74, 6) is 0.214. The fourth-order valence-corrected chi connectivity index (χ4v) is 5.28. The number of rotatable bonds is 4. The maximum Gasteiger partial charge on any atom is 0.416 e. The molecular formula is C23H23F3N2O2S. The van der Waals surface area contributed by atoms with Crippen LogP contribution >= 0.6 is 11.8 Å². The van der Waals surface area contributed by atoms with Gasteiger partial charge in [-0.1, -0.05) is 31.4 Å². The lowest BCUT2D eigenvalue weighted by Crippen LogP contribution is -2.28. The summed E-state index contributed by atoms with van der Waals surface area (Å²) in [5.41, 5.74) is 1.24. The van der Waals surface area contributed by atoms with Crippen molar-refractivity contribution in [2.45, 2.75) is 43.7 Å². The van der Waals surface area contributed by atoms with Crippen LogP contribution in [0.25, 0.3) is 0 Å². The summed E-state index contributed by atoms with van der Waals surface area (Å²) in [7, 11) is 0. The number of amides is 2. The monoisotopic (exact) mass is 448 g/mol. The van der Waals surface area contributed by atoms with Gasteiger partial charge in [-0.2, -0.15) is 13.2 Å². The number of nitrogens with zero attached hydrogens (tertiary/aromatic N) is 1. The van der Waals surface area contributed by atoms with Crippen LogP contribution in [0.5, 0.6) is 0 Å². The second-order valence-corrected chi connectivity index (χ2v) is 8.99. The molecule has 2 aromatic carbocycles. The number of carbonyl (C=O) groups excluding carboxylic acids is 2. The minimum atomic E-state index is -4.42. The molecule has 2 fully saturated rings. The molecule has 31 heavy (non-hydrogen) atoms. The molecule has 4 rings (SSSR count). The molecule has 1 aliphatic carbocycles. The van der Waals surface area contributed by atoms with Crippen LogP contribution in [0.4, 0.5) is 24.5 Å². The van der Waals surface area contributed by atoms with E-state index < -0.39 is 11.7 Å². The molecule has 1 N–H and O–H groups in total. The Morgan fingerprint density at radius 1 is 0.968 bits per heavy atom. The second kappa shape index (κ2) is 8.94. The number of anilines is 2. The average molecular weight is 449 g/mol. The highest BCUT2D eigenvalue weighted by molar-refractivity contribution is 8.00. The Hall–Kier alpha value is -2.48. The molecule has 0 aromatic heterocycles. The summed E-state index contributed by atoms with van der Waals surface area (Å²) < 4.78 is 38.5. The smallest absolute Gasteiger partial charge is 0.326 e. The van der Waals surface area contributed by atoms with Crippen LogP contribution in [0.1, 0.15) is 48.6 Å². The summed E-state index contributed by atoms with van der Waals surface area (Å²) in [5, 5.41) is 2.64. The van der Waals surface area contributed by atoms with Crippen LogP contribution in [0.3, 0.4) is 0 Å². The molecule has 1 saturated carbocycles. The Bertz CT molecular complexity index is 939. The van der Waals surface area contributed by atoms with Gasteiger partial charge in [-0.25, -0.2) is 0 Å². The summed E-state index contributed by atoms with van der Waals surface area (Å²) in [6.45, 7) is 0. The third-order valence-electron chi connectivity index (χ3n) is 5.78. The molecular weight excluding hydrogens is 425 g/mol. The Labute approximate surface area is 183 Å². The molecule has 1 heterocycles. The highest BCUT2D eigenvalue weighted by Gasteiger charge is 2.35. The zero-order valence-electron chi connectivity index (χ0n) is 16.8. The summed E-state index contributed by atoms with van der Waals surface area (Å²) >= 11 is 1.43. The Morgan fingerprint density at radius 2 is 1.61 bits per heavy atom. The van der Waals surface area contributed by atoms with Gasteiger partial charge in [-0.15, -0.1) is 11.8 Å². The second-order valence-electron chi connectivity index (χ2n) is 7.92. The fourth-order valence-electron chi connectivity index (χ4n) is 4.10. The predicted octanol–water partition coefficient (Wildman–Crippen LogP) is 6.00. The number of alkyl halides is 3. The highest BCUT2D eigenvalue weighted by atomic mass is 32.2. The van der Waals surface area contributed by atoms with E-state index in [9.17, 15) is 22.8 Å². The lowest BCUT2D eigenvalue weighted by Gasteiger charge is -2.25. The third kappa shape index (κ3) is 4.89. The largest absolute Gasteiger partial charge is 0.416 e. The standard InChI is InChI=1S/C23H23F3N2O2S/c24-23(25,26)17-8-12-19(13-9-17)28-20(29)14-31-22(28)16-6-10-18(11-7-16)27-21(30)15-4-2-1-3-5-15/h6-13,15,22H,1-5,14H2,(H,27,30)/t22-/m0/s1. The van der Waals surface area contributed by atoms with Crippen LogP contribution in [0.15, 0.2) is 48.5 Å². The number of hydrogen-bond donors (Lipinski definition) is 1. The zero-order chi connectivity index (χ0) is 22.0. The maximum atomic E-state index is 12.8. The van der Waals surface area contributed by atoms with E-state index in [0.29, 0.717) is 11.4 Å². The minimum Gasteiger partial charge on any atom is -0.326 e. The van der Waals surface area contributed by atoms with Gasteiger partial charge in [0.1, 0.15) is 5.37 Å². The van der Waals surface area contributed by atoms with Gasteiger partial charge in [0.2, 0.25) is 11.8 Å². The molecule has 0 spiro atoms. The van der Waals surface area contributed by atoms with Crippen molar-refractivity contribution in [3.63, 3.8) is 0 Å². The Morgan fingerprint density at radius 3 is 2.23 bits per heavy atom. The van der Waals surface area contributed by atoms with Crippen LogP contribution in [-0.2, 0) is 15.8 Å². The quantitative estimate of drug-likeness (QED) is 0.624. The van der Waals surface area contributed by atoms with Gasteiger partial charge >= 0.3 is 6.18 Å². The number of nitrogens with one attached hydrogen (secondary N) is 1. The van der Waals surface area contributed by atoms with Crippen molar-refractivity contribution in [1.82, 2.24) is 0 Å². The molecule has 164 valence electrons. The molecule has 1 aliphatic heterocycles. The molecule has 8 heteroatoms. The molecule has 0 unspecified atom stereocenters. The topological polar surface area (TPSA) is 49.4 Å². The van der Waals surface area contributed by atoms with Crippen LogP contribution in [-0.4, -0.2) is 17.6 Å². The third-order valence-corrected chi connectivity index (χ3v) is 6.99. The van der Waals surface area contributed by atoms with Crippen molar-refractivity contribution in [3.8, 4) is 0 Å². The van der Waals surface area contributed by atoms with E-state index in [-0.39, 0.29) is 28.9 Å². The van der Waals surface area contributed by atoms with Gasteiger partial charge in [0, 0.05) is 17.3 Å². The first-order chi connectivity index (χ1) is 14.8. The van der Waals surface area contributed by atoms with E-state index in [1.165, 1.54) is 35.2 Å². The Balaban J connectivity index is 1.47. The van der Waals surface area contributed by atoms with Crippen molar-refractivity contribution < 1.29 is 22.8 Å². The van der Waals surface area contributed by atoms with Gasteiger partial charge in [0.05, 0.1) is 11.3 Å². The summed E-state index contributed by atoms with van der Waals surface area (Å²) in [6, 6.07) is 12.0. The van der Waals surface area contributed by atoms with Crippen LogP contribution in [0, 0.1) is 5.92 Å². The molecule has 2 amide bonds. The van der Waals surface area contributed by atoms with E-state index in [2.05, 4.69) is 5.32 Å². The van der Waals surface area contributed by atoms with E-state index in [0.717, 1.165) is 43.4 Å². The van der Waals surface area contributed by atoms with E-state index >= 15 is 0 Å². The van der Waals surface area contributed by atoms with E-state index in [1.54, 1.807) is 0 Å². The number of thioether (sulfide) groups is 1. The number of hydrogen-bond acceptors (Lipinski definition) is 3. The summed E-state index contributed by atoms with van der Waals surface area (Å²) in [6.07, 6.45) is 0.790. The van der Waals surface area contributed by atoms with Crippen molar-refractivity contribution in [3.05, 3.63) is 59.7 Å². The van der Waals surface area contributed by atoms with Gasteiger partial charge in [0.25, 0.3) is 0 Å². The Kier molecular flexibility index (Phi) is 6.27. The normalized spacial score (nSPS) is 20.2. The van der Waals surface area contributed by atoms with Crippen LogP contribution < -0.4 is 10.2 Å². The number of benzene rings is 2. The first-order valence-corrected chi connectivity index (χ1v) is 11.4. The molecule has 4 nitrogen and oxygen atoms in total. The first kappa shape index (κ1) is 21.7. The van der Waals surface area contributed by atoms with Crippen molar-refractivity contribution in [2.24, 2.45) is 5.92 Å². The SMILES string of the molecule is O=C(Nc1ccc([C@@H]2SCC(=O)N2c2ccc(C(F)(F)F)cc2)cc1)C1CCCCC1. The fraction of sp³-hybridized carbons (Fsp3) is 0.391. The average Bonchev–Trinajstić information content (AvgIpc) is 3.15. The number of halogens is 3. The lowest BCUT2D eigenvalue weighted by molar-refractivity contribution is -0.137. The zero-order valence-corrected chi connectivity index (χ0v) is 17.6. The summed E-state index contributed by atoms with van der Waals surface area (Å²) in [4.78, 5) is 26.4. The minimum absolute atomic E-state index is 0.0456. The number of carbonyl (C=O) groups is 2. The van der Waals surface area contributed by atoms with Crippen LogP contribution in [0.2, 0.25) is 0 Å². The van der Waals surface area contributed by atoms with Crippen molar-refractivity contribution in [1.29, 1.82) is 0 Å². The van der Waals surface area contributed by atoms with E-state index in [1.807, 2.05) is 24.3 Å². The molecule has 2 aromatic rings. The van der Waals surface area contributed by atoms with Gasteiger partial charge < -0.3 is 5.32 Å². The molecule has 2 aliphatic rings. The maximum absolute atomic E-state index is 12.8. The first-order valence-electron chi connectivity index (χ1n) is 10.3. The molecule has 1 saturated heterocycles. The van der Waals surface area contributed by atoms with Gasteiger partial charge in [0.15, 0.2) is 0 Å². The van der Waals surface area contributed by atoms with E-state index in [4.69, 9.17) is 0 Å². The van der Waals surface area contributed by atoms with Crippen molar-refractivity contribution >= 4 is 35.0 Å². The van der Waals surface area contributed by atoms with Gasteiger partial charge in [-0.05, 0) is 54.8 Å².